The monoisotopic (exact) mass is 202 g/mol. The SMILES string of the molecule is CCCCOCCNCCCN(C)C. The lowest BCUT2D eigenvalue weighted by atomic mass is 10.4. The number of hydrogen-bond acceptors (Lipinski definition) is 3. The summed E-state index contributed by atoms with van der Waals surface area (Å²) in [5.74, 6) is 0. The molecule has 0 atom stereocenters. The fraction of sp³-hybridized carbons (Fsp3) is 1.00. The first kappa shape index (κ1) is 13.9. The third-order valence-electron chi connectivity index (χ3n) is 2.02. The molecule has 0 aromatic carbocycles. The molecule has 0 aromatic heterocycles. The Morgan fingerprint density at radius 2 is 1.86 bits per heavy atom. The van der Waals surface area contributed by atoms with Gasteiger partial charge < -0.3 is 15.0 Å². The second-order valence-corrected chi connectivity index (χ2v) is 3.87. The fourth-order valence-electron chi connectivity index (χ4n) is 1.14. The number of hydrogen-bond donors (Lipinski definition) is 1. The highest BCUT2D eigenvalue weighted by Crippen LogP contribution is 1.86. The van der Waals surface area contributed by atoms with Crippen molar-refractivity contribution in [3.8, 4) is 0 Å². The normalized spacial score (nSPS) is 11.1. The lowest BCUT2D eigenvalue weighted by Gasteiger charge is -2.09. The topological polar surface area (TPSA) is 24.5 Å². The Balaban J connectivity index is 2.85. The van der Waals surface area contributed by atoms with Gasteiger partial charge in [-0.05, 0) is 40.0 Å². The minimum Gasteiger partial charge on any atom is -0.380 e. The first-order valence-electron chi connectivity index (χ1n) is 5.70. The van der Waals surface area contributed by atoms with Gasteiger partial charge in [-0.25, -0.2) is 0 Å². The highest BCUT2D eigenvalue weighted by Gasteiger charge is 1.91. The van der Waals surface area contributed by atoms with Crippen molar-refractivity contribution in [1.29, 1.82) is 0 Å². The second-order valence-electron chi connectivity index (χ2n) is 3.87. The summed E-state index contributed by atoms with van der Waals surface area (Å²) in [6, 6.07) is 0. The zero-order valence-corrected chi connectivity index (χ0v) is 10.0. The maximum atomic E-state index is 5.43. The van der Waals surface area contributed by atoms with Gasteiger partial charge in [-0.2, -0.15) is 0 Å². The summed E-state index contributed by atoms with van der Waals surface area (Å²) in [7, 11) is 4.21. The summed E-state index contributed by atoms with van der Waals surface area (Å²) in [5.41, 5.74) is 0. The molecule has 0 spiro atoms. The summed E-state index contributed by atoms with van der Waals surface area (Å²) in [6.07, 6.45) is 3.61. The smallest absolute Gasteiger partial charge is 0.0590 e. The van der Waals surface area contributed by atoms with Gasteiger partial charge in [0.1, 0.15) is 0 Å². The predicted octanol–water partition coefficient (Wildman–Crippen LogP) is 1.34. The molecular formula is C11H26N2O. The van der Waals surface area contributed by atoms with E-state index in [0.717, 1.165) is 32.8 Å². The van der Waals surface area contributed by atoms with Crippen LogP contribution in [0.25, 0.3) is 0 Å². The maximum absolute atomic E-state index is 5.43. The molecule has 14 heavy (non-hydrogen) atoms. The molecule has 0 amide bonds. The summed E-state index contributed by atoms with van der Waals surface area (Å²) in [5, 5.41) is 3.37. The Labute approximate surface area is 88.8 Å². The van der Waals surface area contributed by atoms with E-state index in [-0.39, 0.29) is 0 Å². The standard InChI is InChI=1S/C11H26N2O/c1-4-5-10-14-11-8-12-7-6-9-13(2)3/h12H,4-11H2,1-3H3. The highest BCUT2D eigenvalue weighted by atomic mass is 16.5. The Bertz CT molecular complexity index is 107. The molecule has 1 N–H and O–H groups in total. The first-order valence-corrected chi connectivity index (χ1v) is 5.70. The average molecular weight is 202 g/mol. The van der Waals surface area contributed by atoms with E-state index >= 15 is 0 Å². The van der Waals surface area contributed by atoms with Gasteiger partial charge in [-0.15, -0.1) is 0 Å². The number of rotatable bonds is 10. The van der Waals surface area contributed by atoms with Crippen LogP contribution in [0.2, 0.25) is 0 Å². The van der Waals surface area contributed by atoms with Crippen molar-refractivity contribution >= 4 is 0 Å². The van der Waals surface area contributed by atoms with E-state index in [1.807, 2.05) is 0 Å². The fourth-order valence-corrected chi connectivity index (χ4v) is 1.14. The number of unbranched alkanes of at least 4 members (excludes halogenated alkanes) is 1. The molecule has 0 bridgehead atoms. The summed E-state index contributed by atoms with van der Waals surface area (Å²) in [6.45, 7) is 7.18. The number of nitrogens with one attached hydrogen (secondary N) is 1. The molecule has 0 aliphatic rings. The lowest BCUT2D eigenvalue weighted by molar-refractivity contribution is 0.133. The average Bonchev–Trinajstić information content (AvgIpc) is 2.15. The van der Waals surface area contributed by atoms with E-state index in [4.69, 9.17) is 4.74 Å². The molecule has 0 aromatic rings. The predicted molar refractivity (Wildman–Crippen MR) is 61.8 cm³/mol. The van der Waals surface area contributed by atoms with E-state index in [2.05, 4.69) is 31.2 Å². The van der Waals surface area contributed by atoms with E-state index in [1.165, 1.54) is 19.3 Å². The van der Waals surface area contributed by atoms with Crippen molar-refractivity contribution < 1.29 is 4.74 Å². The van der Waals surface area contributed by atoms with Crippen LogP contribution in [-0.2, 0) is 4.74 Å². The summed E-state index contributed by atoms with van der Waals surface area (Å²) in [4.78, 5) is 2.21. The zero-order chi connectivity index (χ0) is 10.6. The van der Waals surface area contributed by atoms with Crippen LogP contribution in [0.5, 0.6) is 0 Å². The highest BCUT2D eigenvalue weighted by molar-refractivity contribution is 4.49. The molecule has 0 rings (SSSR count). The molecule has 3 heteroatoms. The number of ether oxygens (including phenoxy) is 1. The van der Waals surface area contributed by atoms with E-state index in [1.54, 1.807) is 0 Å². The Kier molecular flexibility index (Phi) is 10.9. The van der Waals surface area contributed by atoms with Gasteiger partial charge in [0, 0.05) is 13.2 Å². The summed E-state index contributed by atoms with van der Waals surface area (Å²) < 4.78 is 5.43. The molecule has 0 heterocycles. The molecule has 0 fully saturated rings. The molecule has 0 aliphatic heterocycles. The van der Waals surface area contributed by atoms with Crippen LogP contribution >= 0.6 is 0 Å². The molecule has 0 unspecified atom stereocenters. The van der Waals surface area contributed by atoms with Gasteiger partial charge >= 0.3 is 0 Å². The van der Waals surface area contributed by atoms with Gasteiger partial charge in [-0.3, -0.25) is 0 Å². The van der Waals surface area contributed by atoms with Crippen LogP contribution in [0.1, 0.15) is 26.2 Å². The van der Waals surface area contributed by atoms with Crippen molar-refractivity contribution in [2.75, 3.05) is 46.9 Å². The van der Waals surface area contributed by atoms with Crippen molar-refractivity contribution in [3.63, 3.8) is 0 Å². The Morgan fingerprint density at radius 3 is 2.50 bits per heavy atom. The third-order valence-corrected chi connectivity index (χ3v) is 2.02. The Morgan fingerprint density at radius 1 is 1.07 bits per heavy atom. The summed E-state index contributed by atoms with van der Waals surface area (Å²) >= 11 is 0. The minimum absolute atomic E-state index is 0.849. The zero-order valence-electron chi connectivity index (χ0n) is 10.0. The van der Waals surface area contributed by atoms with Gasteiger partial charge in [0.15, 0.2) is 0 Å². The molecule has 0 saturated heterocycles. The van der Waals surface area contributed by atoms with Crippen molar-refractivity contribution in [3.05, 3.63) is 0 Å². The first-order chi connectivity index (χ1) is 6.77. The van der Waals surface area contributed by atoms with Crippen molar-refractivity contribution in [1.82, 2.24) is 10.2 Å². The maximum Gasteiger partial charge on any atom is 0.0590 e. The molecule has 0 saturated carbocycles. The lowest BCUT2D eigenvalue weighted by Crippen LogP contribution is -2.24. The quantitative estimate of drug-likeness (QED) is 0.541. The van der Waals surface area contributed by atoms with E-state index < -0.39 is 0 Å². The van der Waals surface area contributed by atoms with Crippen LogP contribution < -0.4 is 5.32 Å². The van der Waals surface area contributed by atoms with Gasteiger partial charge in [-0.1, -0.05) is 13.3 Å². The molecule has 0 radical (unpaired) electrons. The molecule has 0 aliphatic carbocycles. The molecule has 86 valence electrons. The van der Waals surface area contributed by atoms with E-state index in [9.17, 15) is 0 Å². The van der Waals surface area contributed by atoms with Crippen LogP contribution in [0.15, 0.2) is 0 Å². The molecular weight excluding hydrogens is 176 g/mol. The number of nitrogens with zero attached hydrogens (tertiary/aromatic N) is 1. The van der Waals surface area contributed by atoms with Crippen LogP contribution in [0, 0.1) is 0 Å². The van der Waals surface area contributed by atoms with E-state index in [0.29, 0.717) is 0 Å². The van der Waals surface area contributed by atoms with Crippen LogP contribution in [0.4, 0.5) is 0 Å². The van der Waals surface area contributed by atoms with Crippen LogP contribution in [-0.4, -0.2) is 51.8 Å². The Hall–Kier alpha value is -0.120. The van der Waals surface area contributed by atoms with Gasteiger partial charge in [0.2, 0.25) is 0 Å². The van der Waals surface area contributed by atoms with Crippen LogP contribution in [0.3, 0.4) is 0 Å². The van der Waals surface area contributed by atoms with Gasteiger partial charge in [0.05, 0.1) is 6.61 Å². The van der Waals surface area contributed by atoms with Crippen molar-refractivity contribution in [2.45, 2.75) is 26.2 Å². The van der Waals surface area contributed by atoms with Crippen molar-refractivity contribution in [2.24, 2.45) is 0 Å². The third kappa shape index (κ3) is 11.9. The van der Waals surface area contributed by atoms with Gasteiger partial charge in [0.25, 0.3) is 0 Å². The molecule has 3 nitrogen and oxygen atoms in total. The largest absolute Gasteiger partial charge is 0.380 e. The second kappa shape index (κ2) is 11.0. The minimum atomic E-state index is 0.849.